The van der Waals surface area contributed by atoms with E-state index < -0.39 is 0 Å². The van der Waals surface area contributed by atoms with Crippen LogP contribution in [-0.4, -0.2) is 59.8 Å². The zero-order chi connectivity index (χ0) is 16.1. The molecule has 1 aliphatic rings. The maximum atomic E-state index is 12.3. The van der Waals surface area contributed by atoms with Gasteiger partial charge in [-0.25, -0.2) is 0 Å². The summed E-state index contributed by atoms with van der Waals surface area (Å²) >= 11 is 7.10. The van der Waals surface area contributed by atoms with Crippen LogP contribution in [0.3, 0.4) is 0 Å². The van der Waals surface area contributed by atoms with Crippen LogP contribution in [-0.2, 0) is 4.74 Å². The van der Waals surface area contributed by atoms with E-state index in [0.717, 1.165) is 43.3 Å². The Bertz CT molecular complexity index is 656. The molecule has 3 rings (SSSR count). The maximum Gasteiger partial charge on any atom is 0.273 e. The Labute approximate surface area is 143 Å². The zero-order valence-electron chi connectivity index (χ0n) is 12.5. The van der Waals surface area contributed by atoms with E-state index in [4.69, 9.17) is 16.3 Å². The number of ether oxygens (including phenoxy) is 1. The molecule has 2 aromatic rings. The van der Waals surface area contributed by atoms with Gasteiger partial charge in [0, 0.05) is 31.2 Å². The van der Waals surface area contributed by atoms with Gasteiger partial charge in [-0.15, -0.1) is 5.10 Å². The van der Waals surface area contributed by atoms with Gasteiger partial charge in [-0.2, -0.15) is 0 Å². The SMILES string of the molecule is O=C(NCCN1CCOCC1)c1nnsc1-c1ccc(Cl)cc1. The van der Waals surface area contributed by atoms with Crippen LogP contribution in [0.5, 0.6) is 0 Å². The van der Waals surface area contributed by atoms with Crippen LogP contribution < -0.4 is 5.32 Å². The molecule has 1 amide bonds. The molecule has 1 N–H and O–H groups in total. The standard InChI is InChI=1S/C15H17ClN4O2S/c16-12-3-1-11(2-4-12)14-13(18-19-23-14)15(21)17-5-6-20-7-9-22-10-8-20/h1-4H,5-10H2,(H,17,21). The molecule has 1 aliphatic heterocycles. The van der Waals surface area contributed by atoms with Crippen molar-refractivity contribution < 1.29 is 9.53 Å². The Morgan fingerprint density at radius 1 is 1.30 bits per heavy atom. The van der Waals surface area contributed by atoms with Crippen molar-refractivity contribution in [3.63, 3.8) is 0 Å². The second-order valence-corrected chi connectivity index (χ2v) is 6.36. The van der Waals surface area contributed by atoms with Gasteiger partial charge in [-0.05, 0) is 29.2 Å². The van der Waals surface area contributed by atoms with Crippen molar-refractivity contribution >= 4 is 29.0 Å². The number of nitrogens with one attached hydrogen (secondary N) is 1. The fraction of sp³-hybridized carbons (Fsp3) is 0.400. The van der Waals surface area contributed by atoms with Crippen molar-refractivity contribution in [1.29, 1.82) is 0 Å². The second-order valence-electron chi connectivity index (χ2n) is 5.17. The third-order valence-electron chi connectivity index (χ3n) is 3.63. The van der Waals surface area contributed by atoms with Crippen LogP contribution in [0, 0.1) is 0 Å². The van der Waals surface area contributed by atoms with Gasteiger partial charge in [0.2, 0.25) is 0 Å². The van der Waals surface area contributed by atoms with Gasteiger partial charge >= 0.3 is 0 Å². The molecule has 0 saturated carbocycles. The first-order valence-corrected chi connectivity index (χ1v) is 8.56. The lowest BCUT2D eigenvalue weighted by atomic mass is 10.1. The predicted molar refractivity (Wildman–Crippen MR) is 89.9 cm³/mol. The normalized spacial score (nSPS) is 15.5. The highest BCUT2D eigenvalue weighted by molar-refractivity contribution is 7.09. The highest BCUT2D eigenvalue weighted by Crippen LogP contribution is 2.27. The zero-order valence-corrected chi connectivity index (χ0v) is 14.1. The van der Waals surface area contributed by atoms with Crippen LogP contribution in [0.15, 0.2) is 24.3 Å². The van der Waals surface area contributed by atoms with E-state index in [2.05, 4.69) is 19.8 Å². The Balaban J connectivity index is 1.59. The van der Waals surface area contributed by atoms with Gasteiger partial charge in [0.1, 0.15) is 0 Å². The lowest BCUT2D eigenvalue weighted by Crippen LogP contribution is -2.41. The van der Waals surface area contributed by atoms with Crippen molar-refractivity contribution in [3.05, 3.63) is 35.0 Å². The molecule has 23 heavy (non-hydrogen) atoms. The van der Waals surface area contributed by atoms with Crippen molar-refractivity contribution in [1.82, 2.24) is 19.8 Å². The van der Waals surface area contributed by atoms with E-state index in [0.29, 0.717) is 17.3 Å². The lowest BCUT2D eigenvalue weighted by molar-refractivity contribution is 0.0383. The minimum atomic E-state index is -0.197. The smallest absolute Gasteiger partial charge is 0.273 e. The first-order chi connectivity index (χ1) is 11.2. The van der Waals surface area contributed by atoms with Crippen LogP contribution in [0.25, 0.3) is 10.4 Å². The molecular weight excluding hydrogens is 336 g/mol. The number of carbonyl (C=O) groups is 1. The minimum absolute atomic E-state index is 0.197. The van der Waals surface area contributed by atoms with Crippen LogP contribution >= 0.6 is 23.1 Å². The third-order valence-corrected chi connectivity index (χ3v) is 4.65. The Hall–Kier alpha value is -1.54. The van der Waals surface area contributed by atoms with Gasteiger partial charge in [0.05, 0.1) is 18.1 Å². The Morgan fingerprint density at radius 3 is 2.78 bits per heavy atom. The average Bonchev–Trinajstić information content (AvgIpc) is 3.06. The van der Waals surface area contributed by atoms with Gasteiger partial charge in [-0.3, -0.25) is 9.69 Å². The number of halogens is 1. The van der Waals surface area contributed by atoms with E-state index in [9.17, 15) is 4.79 Å². The Morgan fingerprint density at radius 2 is 2.04 bits per heavy atom. The summed E-state index contributed by atoms with van der Waals surface area (Å²) in [6.45, 7) is 4.71. The number of hydrogen-bond donors (Lipinski definition) is 1. The number of benzene rings is 1. The largest absolute Gasteiger partial charge is 0.379 e. The van der Waals surface area contributed by atoms with Crippen molar-refractivity contribution in [3.8, 4) is 10.4 Å². The molecule has 8 heteroatoms. The summed E-state index contributed by atoms with van der Waals surface area (Å²) in [5.41, 5.74) is 1.25. The molecule has 0 aliphatic carbocycles. The number of nitrogens with zero attached hydrogens (tertiary/aromatic N) is 3. The minimum Gasteiger partial charge on any atom is -0.379 e. The lowest BCUT2D eigenvalue weighted by Gasteiger charge is -2.26. The summed E-state index contributed by atoms with van der Waals surface area (Å²) in [5.74, 6) is -0.197. The molecule has 1 aromatic carbocycles. The molecule has 0 unspecified atom stereocenters. The summed E-state index contributed by atoms with van der Waals surface area (Å²) < 4.78 is 9.21. The van der Waals surface area contributed by atoms with E-state index in [-0.39, 0.29) is 5.91 Å². The summed E-state index contributed by atoms with van der Waals surface area (Å²) in [4.78, 5) is 15.4. The third kappa shape index (κ3) is 4.26. The fourth-order valence-corrected chi connectivity index (χ4v) is 3.16. The highest BCUT2D eigenvalue weighted by Gasteiger charge is 2.18. The summed E-state index contributed by atoms with van der Waals surface area (Å²) in [6.07, 6.45) is 0. The number of carbonyl (C=O) groups excluding carboxylic acids is 1. The molecule has 1 aromatic heterocycles. The summed E-state index contributed by atoms with van der Waals surface area (Å²) in [7, 11) is 0. The molecule has 1 fully saturated rings. The first-order valence-electron chi connectivity index (χ1n) is 7.40. The highest BCUT2D eigenvalue weighted by atomic mass is 35.5. The molecule has 0 atom stereocenters. The molecule has 122 valence electrons. The Kier molecular flexibility index (Phi) is 5.56. The maximum absolute atomic E-state index is 12.3. The molecule has 1 saturated heterocycles. The van der Waals surface area contributed by atoms with Gasteiger partial charge in [0.25, 0.3) is 5.91 Å². The van der Waals surface area contributed by atoms with Crippen molar-refractivity contribution in [2.24, 2.45) is 0 Å². The fourth-order valence-electron chi connectivity index (χ4n) is 2.37. The molecular formula is C15H17ClN4O2S. The average molecular weight is 353 g/mol. The van der Waals surface area contributed by atoms with Crippen molar-refractivity contribution in [2.75, 3.05) is 39.4 Å². The van der Waals surface area contributed by atoms with E-state index in [1.165, 1.54) is 11.5 Å². The van der Waals surface area contributed by atoms with Crippen LogP contribution in [0.1, 0.15) is 10.5 Å². The quantitative estimate of drug-likeness (QED) is 0.890. The second kappa shape index (κ2) is 7.83. The molecule has 0 bridgehead atoms. The summed E-state index contributed by atoms with van der Waals surface area (Å²) in [6, 6.07) is 7.30. The number of rotatable bonds is 5. The molecule has 0 radical (unpaired) electrons. The molecule has 2 heterocycles. The van der Waals surface area contributed by atoms with Gasteiger partial charge in [-0.1, -0.05) is 28.2 Å². The van der Waals surface area contributed by atoms with Gasteiger partial charge in [0.15, 0.2) is 5.69 Å². The molecule has 6 nitrogen and oxygen atoms in total. The number of hydrogen-bond acceptors (Lipinski definition) is 6. The van der Waals surface area contributed by atoms with Crippen LogP contribution in [0.4, 0.5) is 0 Å². The van der Waals surface area contributed by atoms with E-state index >= 15 is 0 Å². The number of amides is 1. The number of morpholine rings is 1. The number of aromatic nitrogens is 2. The first kappa shape index (κ1) is 16.3. The monoisotopic (exact) mass is 352 g/mol. The summed E-state index contributed by atoms with van der Waals surface area (Å²) in [5, 5.41) is 7.54. The predicted octanol–water partition coefficient (Wildman–Crippen LogP) is 1.92. The van der Waals surface area contributed by atoms with Crippen molar-refractivity contribution in [2.45, 2.75) is 0 Å². The van der Waals surface area contributed by atoms with E-state index in [1.807, 2.05) is 12.1 Å². The molecule has 0 spiro atoms. The van der Waals surface area contributed by atoms with Crippen LogP contribution in [0.2, 0.25) is 5.02 Å². The topological polar surface area (TPSA) is 67.4 Å². The van der Waals surface area contributed by atoms with E-state index in [1.54, 1.807) is 12.1 Å². The van der Waals surface area contributed by atoms with Gasteiger partial charge < -0.3 is 10.1 Å².